The number of urea groups is 1. The molecule has 0 aliphatic rings. The molecule has 0 aliphatic carbocycles. The van der Waals surface area contributed by atoms with Crippen molar-refractivity contribution in [3.63, 3.8) is 0 Å². The first kappa shape index (κ1) is 20.7. The van der Waals surface area contributed by atoms with Gasteiger partial charge in [0.05, 0.1) is 9.82 Å². The van der Waals surface area contributed by atoms with Crippen LogP contribution in [0.3, 0.4) is 0 Å². The number of amides is 2. The predicted molar refractivity (Wildman–Crippen MR) is 109 cm³/mol. The average molecular weight is 430 g/mol. The Hall–Kier alpha value is -3.99. The van der Waals surface area contributed by atoms with E-state index < -0.39 is 26.8 Å². The summed E-state index contributed by atoms with van der Waals surface area (Å²) < 4.78 is 39.9. The van der Waals surface area contributed by atoms with Crippen molar-refractivity contribution in [2.45, 2.75) is 4.90 Å². The molecule has 0 saturated carbocycles. The molecule has 0 spiro atoms. The van der Waals surface area contributed by atoms with Gasteiger partial charge in [0, 0.05) is 17.4 Å². The molecule has 0 radical (unpaired) electrons. The summed E-state index contributed by atoms with van der Waals surface area (Å²) in [5, 5.41) is 15.9. The SMILES string of the molecule is O=C(Nc1ccc(NS(=O)(=O)c2ccc(F)cc2)cc1)Nc1ccccc1[N+](=O)[O-]. The summed E-state index contributed by atoms with van der Waals surface area (Å²) in [5.74, 6) is -0.552. The summed E-state index contributed by atoms with van der Waals surface area (Å²) in [6.07, 6.45) is 0. The lowest BCUT2D eigenvalue weighted by molar-refractivity contribution is -0.383. The number of nitro benzene ring substituents is 1. The largest absolute Gasteiger partial charge is 0.323 e. The number of nitrogens with zero attached hydrogens (tertiary/aromatic N) is 1. The van der Waals surface area contributed by atoms with E-state index in [0.29, 0.717) is 5.69 Å². The number of sulfonamides is 1. The monoisotopic (exact) mass is 430 g/mol. The lowest BCUT2D eigenvalue weighted by Gasteiger charge is -2.10. The topological polar surface area (TPSA) is 130 Å². The van der Waals surface area contributed by atoms with E-state index in [1.807, 2.05) is 0 Å². The van der Waals surface area contributed by atoms with Gasteiger partial charge in [-0.3, -0.25) is 14.8 Å². The number of rotatable bonds is 6. The van der Waals surface area contributed by atoms with Crippen molar-refractivity contribution in [1.29, 1.82) is 0 Å². The van der Waals surface area contributed by atoms with Crippen LogP contribution in [0.1, 0.15) is 0 Å². The van der Waals surface area contributed by atoms with Crippen LogP contribution < -0.4 is 15.4 Å². The minimum absolute atomic E-state index is 0.0312. The van der Waals surface area contributed by atoms with Crippen molar-refractivity contribution >= 4 is 38.8 Å². The second-order valence-corrected chi connectivity index (χ2v) is 7.67. The van der Waals surface area contributed by atoms with E-state index in [4.69, 9.17) is 0 Å². The highest BCUT2D eigenvalue weighted by molar-refractivity contribution is 7.92. The van der Waals surface area contributed by atoms with Crippen LogP contribution >= 0.6 is 0 Å². The molecule has 11 heteroatoms. The Kier molecular flexibility index (Phi) is 5.93. The molecule has 0 aromatic heterocycles. The van der Waals surface area contributed by atoms with E-state index in [1.165, 1.54) is 42.5 Å². The third kappa shape index (κ3) is 5.08. The van der Waals surface area contributed by atoms with Crippen LogP contribution in [0.5, 0.6) is 0 Å². The standard InChI is InChI=1S/C19H15FN4O5S/c20-13-5-11-16(12-6-13)30(28,29)23-15-9-7-14(8-10-15)21-19(25)22-17-3-1-2-4-18(17)24(26)27/h1-12,23H,(H2,21,22,25). The molecule has 3 rings (SSSR count). The summed E-state index contributed by atoms with van der Waals surface area (Å²) >= 11 is 0. The first-order chi connectivity index (χ1) is 14.2. The smallest absolute Gasteiger partial charge is 0.308 e. The van der Waals surface area contributed by atoms with Gasteiger partial charge >= 0.3 is 6.03 Å². The third-order valence-electron chi connectivity index (χ3n) is 3.87. The molecule has 3 N–H and O–H groups in total. The van der Waals surface area contributed by atoms with Gasteiger partial charge in [-0.05, 0) is 54.6 Å². The zero-order chi connectivity index (χ0) is 21.7. The number of carbonyl (C=O) groups excluding carboxylic acids is 1. The molecule has 154 valence electrons. The van der Waals surface area contributed by atoms with E-state index in [1.54, 1.807) is 6.07 Å². The van der Waals surface area contributed by atoms with E-state index in [-0.39, 0.29) is 22.0 Å². The number of hydrogen-bond acceptors (Lipinski definition) is 5. The summed E-state index contributed by atoms with van der Waals surface area (Å²) in [5.41, 5.74) is 0.335. The minimum Gasteiger partial charge on any atom is -0.308 e. The zero-order valence-corrected chi connectivity index (χ0v) is 16.0. The molecular formula is C19H15FN4O5S. The summed E-state index contributed by atoms with van der Waals surface area (Å²) in [6, 6.07) is 15.1. The highest BCUT2D eigenvalue weighted by Gasteiger charge is 2.16. The fourth-order valence-electron chi connectivity index (χ4n) is 2.47. The Morgan fingerprint density at radius 1 is 0.867 bits per heavy atom. The highest BCUT2D eigenvalue weighted by Crippen LogP contribution is 2.24. The van der Waals surface area contributed by atoms with Crippen LogP contribution in [0, 0.1) is 15.9 Å². The predicted octanol–water partition coefficient (Wildman–Crippen LogP) is 4.18. The van der Waals surface area contributed by atoms with Gasteiger partial charge in [0.25, 0.3) is 15.7 Å². The van der Waals surface area contributed by atoms with Gasteiger partial charge in [-0.2, -0.15) is 0 Å². The number of benzene rings is 3. The summed E-state index contributed by atoms with van der Waals surface area (Å²) in [7, 11) is -3.90. The number of hydrogen-bond donors (Lipinski definition) is 3. The summed E-state index contributed by atoms with van der Waals surface area (Å²) in [6.45, 7) is 0. The fourth-order valence-corrected chi connectivity index (χ4v) is 3.53. The Labute approximate surface area is 170 Å². The fraction of sp³-hybridized carbons (Fsp3) is 0. The lowest BCUT2D eigenvalue weighted by atomic mass is 10.2. The molecule has 30 heavy (non-hydrogen) atoms. The molecule has 0 saturated heterocycles. The molecule has 3 aromatic rings. The maximum absolute atomic E-state index is 13.0. The van der Waals surface area contributed by atoms with Crippen LogP contribution in [-0.4, -0.2) is 19.4 Å². The summed E-state index contributed by atoms with van der Waals surface area (Å²) in [4.78, 5) is 22.4. The number of anilines is 3. The van der Waals surface area contributed by atoms with E-state index >= 15 is 0 Å². The average Bonchev–Trinajstić information content (AvgIpc) is 2.70. The maximum Gasteiger partial charge on any atom is 0.323 e. The normalized spacial score (nSPS) is 10.8. The second-order valence-electron chi connectivity index (χ2n) is 5.99. The molecular weight excluding hydrogens is 415 g/mol. The molecule has 0 aliphatic heterocycles. The number of carbonyl (C=O) groups is 1. The molecule has 3 aromatic carbocycles. The van der Waals surface area contributed by atoms with Crippen molar-refractivity contribution in [2.75, 3.05) is 15.4 Å². The van der Waals surface area contributed by atoms with Crippen LogP contribution in [-0.2, 0) is 10.0 Å². The zero-order valence-electron chi connectivity index (χ0n) is 15.2. The first-order valence-electron chi connectivity index (χ1n) is 8.44. The van der Waals surface area contributed by atoms with Crippen molar-refractivity contribution in [2.24, 2.45) is 0 Å². The molecule has 2 amide bonds. The number of nitro groups is 1. The van der Waals surface area contributed by atoms with E-state index in [9.17, 15) is 27.7 Å². The first-order valence-corrected chi connectivity index (χ1v) is 9.93. The van der Waals surface area contributed by atoms with Gasteiger partial charge in [0.15, 0.2) is 0 Å². The van der Waals surface area contributed by atoms with Gasteiger partial charge in [-0.1, -0.05) is 12.1 Å². The van der Waals surface area contributed by atoms with Gasteiger partial charge in [0.1, 0.15) is 11.5 Å². The Bertz CT molecular complexity index is 1180. The van der Waals surface area contributed by atoms with Crippen molar-refractivity contribution < 1.29 is 22.5 Å². The highest BCUT2D eigenvalue weighted by atomic mass is 32.2. The van der Waals surface area contributed by atoms with Crippen molar-refractivity contribution in [3.05, 3.63) is 88.7 Å². The van der Waals surface area contributed by atoms with Gasteiger partial charge in [-0.15, -0.1) is 0 Å². The van der Waals surface area contributed by atoms with Gasteiger partial charge in [-0.25, -0.2) is 17.6 Å². The molecule has 0 atom stereocenters. The quantitative estimate of drug-likeness (QED) is 0.399. The van der Waals surface area contributed by atoms with Crippen LogP contribution in [0.2, 0.25) is 0 Å². The second kappa shape index (κ2) is 8.57. The molecule has 0 fully saturated rings. The van der Waals surface area contributed by atoms with Crippen molar-refractivity contribution in [1.82, 2.24) is 0 Å². The van der Waals surface area contributed by atoms with Gasteiger partial charge in [0.2, 0.25) is 0 Å². The number of halogens is 1. The van der Waals surface area contributed by atoms with E-state index in [2.05, 4.69) is 15.4 Å². The van der Waals surface area contributed by atoms with E-state index in [0.717, 1.165) is 24.3 Å². The van der Waals surface area contributed by atoms with Crippen molar-refractivity contribution in [3.8, 4) is 0 Å². The molecule has 0 bridgehead atoms. The van der Waals surface area contributed by atoms with Crippen LogP contribution in [0.25, 0.3) is 0 Å². The molecule has 0 heterocycles. The van der Waals surface area contributed by atoms with Crippen LogP contribution in [0.15, 0.2) is 77.7 Å². The Morgan fingerprint density at radius 2 is 1.47 bits per heavy atom. The third-order valence-corrected chi connectivity index (χ3v) is 5.27. The maximum atomic E-state index is 13.0. The van der Waals surface area contributed by atoms with Crippen LogP contribution in [0.4, 0.5) is 31.9 Å². The Morgan fingerprint density at radius 3 is 2.10 bits per heavy atom. The minimum atomic E-state index is -3.90. The lowest BCUT2D eigenvalue weighted by Crippen LogP contribution is -2.20. The number of para-hydroxylation sites is 2. The Balaban J connectivity index is 1.65. The van der Waals surface area contributed by atoms with Gasteiger partial charge < -0.3 is 10.6 Å². The molecule has 0 unspecified atom stereocenters. The molecule has 9 nitrogen and oxygen atoms in total. The number of nitrogens with one attached hydrogen (secondary N) is 3.